The number of benzene rings is 2. The van der Waals surface area contributed by atoms with Crippen LogP contribution in [0, 0.1) is 5.92 Å². The van der Waals surface area contributed by atoms with E-state index in [2.05, 4.69) is 10.7 Å². The van der Waals surface area contributed by atoms with Gasteiger partial charge in [0.1, 0.15) is 12.1 Å². The minimum absolute atomic E-state index is 0.0469. The molecular weight excluding hydrogens is 468 g/mol. The van der Waals surface area contributed by atoms with E-state index in [4.69, 9.17) is 0 Å². The molecule has 0 spiro atoms. The number of nitrogens with zero attached hydrogens (tertiary/aromatic N) is 2. The summed E-state index contributed by atoms with van der Waals surface area (Å²) < 4.78 is 0. The molecule has 2 aliphatic heterocycles. The van der Waals surface area contributed by atoms with E-state index in [0.29, 0.717) is 17.5 Å². The number of fused-ring (bicyclic) bond motifs is 1. The minimum atomic E-state index is -0.821. The maximum Gasteiger partial charge on any atom is 0.260 e. The highest BCUT2D eigenvalue weighted by molar-refractivity contribution is 6.03. The molecule has 196 valence electrons. The van der Waals surface area contributed by atoms with Gasteiger partial charge in [0.25, 0.3) is 17.7 Å². The van der Waals surface area contributed by atoms with Crippen molar-refractivity contribution >= 4 is 23.5 Å². The first-order valence-corrected chi connectivity index (χ1v) is 12.8. The van der Waals surface area contributed by atoms with Gasteiger partial charge in [-0.05, 0) is 41.5 Å². The molecule has 37 heavy (non-hydrogen) atoms. The summed E-state index contributed by atoms with van der Waals surface area (Å²) in [5.41, 5.74) is 4.72. The lowest BCUT2D eigenvalue weighted by atomic mass is 9.83. The molecule has 0 aliphatic carbocycles. The quantitative estimate of drug-likeness (QED) is 0.630. The van der Waals surface area contributed by atoms with Gasteiger partial charge in [-0.3, -0.25) is 24.2 Å². The molecule has 3 atom stereocenters. The number of hydrazine groups is 1. The van der Waals surface area contributed by atoms with E-state index in [1.165, 1.54) is 9.91 Å². The molecule has 8 heteroatoms. The maximum atomic E-state index is 13.8. The van der Waals surface area contributed by atoms with Crippen molar-refractivity contribution in [1.29, 1.82) is 0 Å². The number of carbonyl (C=O) groups is 4. The highest BCUT2D eigenvalue weighted by Gasteiger charge is 2.52. The fourth-order valence-electron chi connectivity index (χ4n) is 5.21. The topological polar surface area (TPSA) is 98.8 Å². The van der Waals surface area contributed by atoms with Crippen LogP contribution in [-0.4, -0.2) is 64.6 Å². The molecule has 0 unspecified atom stereocenters. The van der Waals surface area contributed by atoms with Crippen molar-refractivity contribution in [3.8, 4) is 0 Å². The Balaban J connectivity index is 1.55. The molecule has 0 aromatic heterocycles. The van der Waals surface area contributed by atoms with E-state index in [1.807, 2.05) is 58.9 Å². The van der Waals surface area contributed by atoms with E-state index in [1.54, 1.807) is 30.3 Å². The number of rotatable bonds is 6. The third-order valence-corrected chi connectivity index (χ3v) is 6.98. The lowest BCUT2D eigenvalue weighted by Gasteiger charge is -2.29. The summed E-state index contributed by atoms with van der Waals surface area (Å²) in [6, 6.07) is 14.2. The van der Waals surface area contributed by atoms with Gasteiger partial charge in [-0.1, -0.05) is 71.0 Å². The van der Waals surface area contributed by atoms with Crippen molar-refractivity contribution in [3.63, 3.8) is 0 Å². The third kappa shape index (κ3) is 5.44. The molecule has 2 aromatic rings. The van der Waals surface area contributed by atoms with Crippen LogP contribution in [0.15, 0.2) is 54.6 Å². The Morgan fingerprint density at radius 1 is 1.03 bits per heavy atom. The van der Waals surface area contributed by atoms with Crippen molar-refractivity contribution < 1.29 is 19.2 Å². The van der Waals surface area contributed by atoms with E-state index < -0.39 is 18.1 Å². The number of Topliss-reactive ketones (excluding diaryl/α,β-unsaturated/α-hetero) is 1. The fourth-order valence-corrected chi connectivity index (χ4v) is 5.21. The van der Waals surface area contributed by atoms with E-state index >= 15 is 0 Å². The molecule has 2 aromatic carbocycles. The first-order chi connectivity index (χ1) is 17.5. The normalized spacial score (nSPS) is 20.2. The summed E-state index contributed by atoms with van der Waals surface area (Å²) >= 11 is 0. The first-order valence-electron chi connectivity index (χ1n) is 12.8. The van der Waals surface area contributed by atoms with Crippen LogP contribution in [-0.2, 0) is 15.0 Å². The van der Waals surface area contributed by atoms with Gasteiger partial charge in [0.15, 0.2) is 5.78 Å². The third-order valence-electron chi connectivity index (χ3n) is 6.98. The van der Waals surface area contributed by atoms with Gasteiger partial charge in [0.05, 0.1) is 12.6 Å². The number of amides is 3. The number of likely N-dealkylation sites (tertiary alicyclic amines) is 1. The second-order valence-electron chi connectivity index (χ2n) is 11.3. The predicted octanol–water partition coefficient (Wildman–Crippen LogP) is 2.94. The standard InChI is InChI=1S/C29H36N4O4/c1-18(2)15-22(31-26(35)20-13-9-10-14-21(20)29(3,4)5)28(37)33-25-23(16-30-33)32(17-24(25)34)27(36)19-11-7-6-8-12-19/h6-14,18,22-23,25,30H,15-17H2,1-5H3,(H,31,35)/t22-,23+,25-/m0/s1. The van der Waals surface area contributed by atoms with Gasteiger partial charge in [0.2, 0.25) is 0 Å². The monoisotopic (exact) mass is 504 g/mol. The zero-order chi connectivity index (χ0) is 26.9. The molecule has 2 N–H and O–H groups in total. The molecule has 2 heterocycles. The van der Waals surface area contributed by atoms with Crippen molar-refractivity contribution in [2.24, 2.45) is 5.92 Å². The molecule has 0 bridgehead atoms. The SMILES string of the molecule is CC(C)C[C@H](NC(=O)c1ccccc1C(C)(C)C)C(=O)N1NC[C@@H]2[C@H]1C(=O)CN2C(=O)c1ccccc1. The van der Waals surface area contributed by atoms with Crippen LogP contribution >= 0.6 is 0 Å². The van der Waals surface area contributed by atoms with Crippen LogP contribution in [0.2, 0.25) is 0 Å². The number of ketones is 1. The Labute approximate surface area is 218 Å². The van der Waals surface area contributed by atoms with Crippen molar-refractivity contribution in [2.75, 3.05) is 13.1 Å². The Kier molecular flexibility index (Phi) is 7.50. The molecular formula is C29H36N4O4. The van der Waals surface area contributed by atoms with E-state index in [9.17, 15) is 19.2 Å². The summed E-state index contributed by atoms with van der Waals surface area (Å²) in [5, 5.41) is 4.29. The molecule has 2 aliphatic rings. The van der Waals surface area contributed by atoms with Gasteiger partial charge in [-0.25, -0.2) is 5.43 Å². The second kappa shape index (κ2) is 10.5. The van der Waals surface area contributed by atoms with Crippen LogP contribution in [0.25, 0.3) is 0 Å². The summed E-state index contributed by atoms with van der Waals surface area (Å²) in [6.07, 6.45) is 0.415. The van der Waals surface area contributed by atoms with Gasteiger partial charge in [0, 0.05) is 17.7 Å². The van der Waals surface area contributed by atoms with Crippen LogP contribution in [0.3, 0.4) is 0 Å². The van der Waals surface area contributed by atoms with Gasteiger partial charge >= 0.3 is 0 Å². The van der Waals surface area contributed by atoms with Gasteiger partial charge in [-0.2, -0.15) is 0 Å². The average molecular weight is 505 g/mol. The maximum absolute atomic E-state index is 13.8. The zero-order valence-corrected chi connectivity index (χ0v) is 22.2. The van der Waals surface area contributed by atoms with Crippen molar-refractivity contribution in [1.82, 2.24) is 20.7 Å². The van der Waals surface area contributed by atoms with E-state index in [-0.39, 0.29) is 47.9 Å². The summed E-state index contributed by atoms with van der Waals surface area (Å²) in [4.78, 5) is 54.8. The number of carbonyl (C=O) groups excluding carboxylic acids is 4. The van der Waals surface area contributed by atoms with Crippen LogP contribution < -0.4 is 10.7 Å². The highest BCUT2D eigenvalue weighted by Crippen LogP contribution is 2.28. The first kappa shape index (κ1) is 26.5. The van der Waals surface area contributed by atoms with Crippen LogP contribution in [0.4, 0.5) is 0 Å². The highest BCUT2D eigenvalue weighted by atomic mass is 16.2. The Morgan fingerprint density at radius 3 is 2.32 bits per heavy atom. The smallest absolute Gasteiger partial charge is 0.260 e. The summed E-state index contributed by atoms with van der Waals surface area (Å²) in [5.74, 6) is -0.992. The van der Waals surface area contributed by atoms with E-state index in [0.717, 1.165) is 5.56 Å². The summed E-state index contributed by atoms with van der Waals surface area (Å²) in [6.45, 7) is 10.3. The predicted molar refractivity (Wildman–Crippen MR) is 141 cm³/mol. The molecule has 4 rings (SSSR count). The van der Waals surface area contributed by atoms with Crippen LogP contribution in [0.1, 0.15) is 67.3 Å². The second-order valence-corrected chi connectivity index (χ2v) is 11.3. The number of nitrogens with one attached hydrogen (secondary N) is 2. The Morgan fingerprint density at radius 2 is 1.68 bits per heavy atom. The average Bonchev–Trinajstić information content (AvgIpc) is 3.43. The molecule has 3 amide bonds. The lowest BCUT2D eigenvalue weighted by Crippen LogP contribution is -2.55. The van der Waals surface area contributed by atoms with Crippen molar-refractivity contribution in [2.45, 2.75) is 64.6 Å². The molecule has 8 nitrogen and oxygen atoms in total. The molecule has 0 radical (unpaired) electrons. The largest absolute Gasteiger partial charge is 0.340 e. The molecule has 0 saturated carbocycles. The lowest BCUT2D eigenvalue weighted by molar-refractivity contribution is -0.141. The van der Waals surface area contributed by atoms with Crippen molar-refractivity contribution in [3.05, 3.63) is 71.3 Å². The van der Waals surface area contributed by atoms with Gasteiger partial charge in [-0.15, -0.1) is 0 Å². The van der Waals surface area contributed by atoms with Crippen LogP contribution in [0.5, 0.6) is 0 Å². The molecule has 2 fully saturated rings. The number of hydrogen-bond donors (Lipinski definition) is 2. The summed E-state index contributed by atoms with van der Waals surface area (Å²) in [7, 11) is 0. The molecule has 2 saturated heterocycles. The fraction of sp³-hybridized carbons (Fsp3) is 0.448. The number of hydrogen-bond acceptors (Lipinski definition) is 5. The zero-order valence-electron chi connectivity index (χ0n) is 22.2. The Bertz CT molecular complexity index is 1190. The Hall–Kier alpha value is -3.52. The minimum Gasteiger partial charge on any atom is -0.340 e. The van der Waals surface area contributed by atoms with Gasteiger partial charge < -0.3 is 10.2 Å².